The molecule has 0 aromatic rings. The molecule has 0 aliphatic rings. The molecule has 0 bridgehead atoms. The quantitative estimate of drug-likeness (QED) is 0.594. The second-order valence-electron chi connectivity index (χ2n) is 3.74. The molecule has 0 amide bonds. The number of carbonyl (C=O) groups is 1. The molecular formula is C11H23NO3. The number of esters is 1. The molecule has 0 radical (unpaired) electrons. The summed E-state index contributed by atoms with van der Waals surface area (Å²) in [7, 11) is 0. The average Bonchev–Trinajstić information content (AvgIpc) is 2.19. The number of ether oxygens (including phenoxy) is 1. The van der Waals surface area contributed by atoms with E-state index in [-0.39, 0.29) is 18.6 Å². The van der Waals surface area contributed by atoms with Gasteiger partial charge in [0.15, 0.2) is 0 Å². The molecule has 2 N–H and O–H groups in total. The summed E-state index contributed by atoms with van der Waals surface area (Å²) in [4.78, 5) is 11.4. The van der Waals surface area contributed by atoms with Crippen LogP contribution in [0.25, 0.3) is 0 Å². The van der Waals surface area contributed by atoms with E-state index in [1.807, 2.05) is 13.8 Å². The van der Waals surface area contributed by atoms with Crippen molar-refractivity contribution in [2.45, 2.75) is 39.7 Å². The first kappa shape index (κ1) is 14.4. The van der Waals surface area contributed by atoms with Gasteiger partial charge in [0.2, 0.25) is 0 Å². The zero-order valence-electron chi connectivity index (χ0n) is 9.95. The Bertz CT molecular complexity index is 173. The molecule has 0 aromatic carbocycles. The van der Waals surface area contributed by atoms with Gasteiger partial charge < -0.3 is 15.2 Å². The van der Waals surface area contributed by atoms with Gasteiger partial charge in [-0.05, 0) is 32.2 Å². The highest BCUT2D eigenvalue weighted by Crippen LogP contribution is 2.01. The number of carbonyl (C=O) groups excluding carboxylic acids is 1. The standard InChI is InChI=1S/C11H23NO3/c1-4-10(11(14)15-5-2)12-8-9(3)6-7-13/h9-10,12-13H,4-8H2,1-3H3. The van der Waals surface area contributed by atoms with E-state index in [4.69, 9.17) is 9.84 Å². The normalized spacial score (nSPS) is 14.7. The van der Waals surface area contributed by atoms with Crippen molar-refractivity contribution in [2.75, 3.05) is 19.8 Å². The Morgan fingerprint density at radius 2 is 2.13 bits per heavy atom. The van der Waals surface area contributed by atoms with E-state index in [9.17, 15) is 4.79 Å². The largest absolute Gasteiger partial charge is 0.465 e. The SMILES string of the molecule is CCOC(=O)C(CC)NCC(C)CCO. The molecule has 4 nitrogen and oxygen atoms in total. The van der Waals surface area contributed by atoms with Crippen molar-refractivity contribution in [1.82, 2.24) is 5.32 Å². The summed E-state index contributed by atoms with van der Waals surface area (Å²) in [5.74, 6) is 0.190. The van der Waals surface area contributed by atoms with E-state index in [0.717, 1.165) is 19.4 Å². The van der Waals surface area contributed by atoms with Gasteiger partial charge in [0, 0.05) is 6.61 Å². The van der Waals surface area contributed by atoms with Gasteiger partial charge in [0.25, 0.3) is 0 Å². The maximum absolute atomic E-state index is 11.4. The summed E-state index contributed by atoms with van der Waals surface area (Å²) in [5, 5.41) is 11.9. The van der Waals surface area contributed by atoms with E-state index in [0.29, 0.717) is 12.5 Å². The summed E-state index contributed by atoms with van der Waals surface area (Å²) in [6, 6.07) is -0.217. The molecule has 0 aliphatic carbocycles. The first-order valence-corrected chi connectivity index (χ1v) is 5.66. The topological polar surface area (TPSA) is 58.6 Å². The van der Waals surface area contributed by atoms with Gasteiger partial charge in [-0.3, -0.25) is 4.79 Å². The van der Waals surface area contributed by atoms with Crippen LogP contribution in [0.15, 0.2) is 0 Å². The van der Waals surface area contributed by atoms with Crippen LogP contribution >= 0.6 is 0 Å². The van der Waals surface area contributed by atoms with Crippen LogP contribution in [0.2, 0.25) is 0 Å². The van der Waals surface area contributed by atoms with E-state index in [1.165, 1.54) is 0 Å². The third kappa shape index (κ3) is 6.47. The Hall–Kier alpha value is -0.610. The summed E-state index contributed by atoms with van der Waals surface area (Å²) in [6.07, 6.45) is 1.48. The molecule has 90 valence electrons. The smallest absolute Gasteiger partial charge is 0.323 e. The van der Waals surface area contributed by atoms with Gasteiger partial charge >= 0.3 is 5.97 Å². The number of aliphatic hydroxyl groups excluding tert-OH is 1. The number of nitrogens with one attached hydrogen (secondary N) is 1. The van der Waals surface area contributed by atoms with Crippen molar-refractivity contribution < 1.29 is 14.6 Å². The van der Waals surface area contributed by atoms with E-state index >= 15 is 0 Å². The van der Waals surface area contributed by atoms with Crippen molar-refractivity contribution in [2.24, 2.45) is 5.92 Å². The van der Waals surface area contributed by atoms with Crippen LogP contribution in [0.5, 0.6) is 0 Å². The highest BCUT2D eigenvalue weighted by atomic mass is 16.5. The van der Waals surface area contributed by atoms with Gasteiger partial charge in [-0.25, -0.2) is 0 Å². The lowest BCUT2D eigenvalue weighted by molar-refractivity contribution is -0.145. The fourth-order valence-corrected chi connectivity index (χ4v) is 1.30. The van der Waals surface area contributed by atoms with Crippen LogP contribution in [0.1, 0.15) is 33.6 Å². The van der Waals surface area contributed by atoms with Gasteiger partial charge in [-0.1, -0.05) is 13.8 Å². The number of hydrogen-bond donors (Lipinski definition) is 2. The van der Waals surface area contributed by atoms with Gasteiger partial charge in [-0.2, -0.15) is 0 Å². The highest BCUT2D eigenvalue weighted by molar-refractivity contribution is 5.75. The van der Waals surface area contributed by atoms with E-state index < -0.39 is 0 Å². The predicted molar refractivity (Wildman–Crippen MR) is 59.6 cm³/mol. The molecule has 0 fully saturated rings. The molecule has 4 heteroatoms. The molecule has 15 heavy (non-hydrogen) atoms. The summed E-state index contributed by atoms with van der Waals surface area (Å²) >= 11 is 0. The minimum atomic E-state index is -0.217. The molecule has 0 aromatic heterocycles. The van der Waals surface area contributed by atoms with Crippen molar-refractivity contribution >= 4 is 5.97 Å². The minimum absolute atomic E-state index is 0.184. The summed E-state index contributed by atoms with van der Waals surface area (Å²) < 4.78 is 4.94. The van der Waals surface area contributed by atoms with Gasteiger partial charge in [0.05, 0.1) is 6.61 Å². The monoisotopic (exact) mass is 217 g/mol. The Morgan fingerprint density at radius 3 is 2.60 bits per heavy atom. The maximum atomic E-state index is 11.4. The lowest BCUT2D eigenvalue weighted by atomic mass is 10.1. The second-order valence-corrected chi connectivity index (χ2v) is 3.74. The molecule has 2 unspecified atom stereocenters. The fourth-order valence-electron chi connectivity index (χ4n) is 1.30. The Labute approximate surface area is 92.0 Å². The van der Waals surface area contributed by atoms with Gasteiger partial charge in [-0.15, -0.1) is 0 Å². The van der Waals surface area contributed by atoms with E-state index in [2.05, 4.69) is 5.32 Å². The zero-order chi connectivity index (χ0) is 11.7. The summed E-state index contributed by atoms with van der Waals surface area (Å²) in [6.45, 7) is 7.14. The first-order chi connectivity index (χ1) is 7.15. The molecule has 0 saturated heterocycles. The molecule has 0 rings (SSSR count). The van der Waals surface area contributed by atoms with Crippen LogP contribution < -0.4 is 5.32 Å². The van der Waals surface area contributed by atoms with Crippen molar-refractivity contribution in [3.05, 3.63) is 0 Å². The van der Waals surface area contributed by atoms with Crippen LogP contribution in [0, 0.1) is 5.92 Å². The van der Waals surface area contributed by atoms with Crippen LogP contribution in [0.3, 0.4) is 0 Å². The van der Waals surface area contributed by atoms with Gasteiger partial charge in [0.1, 0.15) is 6.04 Å². The average molecular weight is 217 g/mol. The lowest BCUT2D eigenvalue weighted by Gasteiger charge is -2.18. The van der Waals surface area contributed by atoms with E-state index in [1.54, 1.807) is 6.92 Å². The number of hydrogen-bond acceptors (Lipinski definition) is 4. The third-order valence-corrected chi connectivity index (χ3v) is 2.31. The third-order valence-electron chi connectivity index (χ3n) is 2.31. The molecule has 2 atom stereocenters. The van der Waals surface area contributed by atoms with Crippen LogP contribution in [0.4, 0.5) is 0 Å². The van der Waals surface area contributed by atoms with Crippen molar-refractivity contribution in [3.8, 4) is 0 Å². The van der Waals surface area contributed by atoms with Crippen LogP contribution in [-0.2, 0) is 9.53 Å². The maximum Gasteiger partial charge on any atom is 0.323 e. The number of rotatable bonds is 8. The van der Waals surface area contributed by atoms with Crippen molar-refractivity contribution in [3.63, 3.8) is 0 Å². The fraction of sp³-hybridized carbons (Fsp3) is 0.909. The first-order valence-electron chi connectivity index (χ1n) is 5.66. The van der Waals surface area contributed by atoms with Crippen LogP contribution in [-0.4, -0.2) is 36.9 Å². The second kappa shape index (κ2) is 8.68. The molecular weight excluding hydrogens is 194 g/mol. The predicted octanol–water partition coefficient (Wildman–Crippen LogP) is 0.936. The Morgan fingerprint density at radius 1 is 1.47 bits per heavy atom. The molecule has 0 spiro atoms. The van der Waals surface area contributed by atoms with Crippen molar-refractivity contribution in [1.29, 1.82) is 0 Å². The highest BCUT2D eigenvalue weighted by Gasteiger charge is 2.17. The number of aliphatic hydroxyl groups is 1. The Kier molecular flexibility index (Phi) is 8.33. The lowest BCUT2D eigenvalue weighted by Crippen LogP contribution is -2.39. The minimum Gasteiger partial charge on any atom is -0.465 e. The molecule has 0 saturated carbocycles. The zero-order valence-corrected chi connectivity index (χ0v) is 9.95. The summed E-state index contributed by atoms with van der Waals surface area (Å²) in [5.41, 5.74) is 0. The Balaban J connectivity index is 3.83. The molecule has 0 aliphatic heterocycles. The molecule has 0 heterocycles.